The average Bonchev–Trinajstić information content (AvgIpc) is 2.05. The highest BCUT2D eigenvalue weighted by Gasteiger charge is 2.38. The van der Waals surface area contributed by atoms with Crippen LogP contribution in [0.4, 0.5) is 4.39 Å². The number of hydrogen-bond donors (Lipinski definition) is 1. The molecule has 1 fully saturated rings. The molecular weight excluding hydrogens is 203 g/mol. The standard InChI is InChI=1S/C10H9FO2S/c11-7-3-1-6(2-4-7)9-8(5-14-9)10(12)13/h1-4,8-9H,5H2,(H,12,13). The molecule has 74 valence electrons. The molecule has 0 saturated carbocycles. The quantitative estimate of drug-likeness (QED) is 0.817. The molecule has 14 heavy (non-hydrogen) atoms. The van der Waals surface area contributed by atoms with Crippen molar-refractivity contribution >= 4 is 17.7 Å². The minimum Gasteiger partial charge on any atom is -0.481 e. The highest BCUT2D eigenvalue weighted by Crippen LogP contribution is 2.47. The third kappa shape index (κ3) is 1.62. The molecule has 2 nitrogen and oxygen atoms in total. The normalized spacial score (nSPS) is 25.5. The van der Waals surface area contributed by atoms with Gasteiger partial charge in [-0.05, 0) is 17.7 Å². The number of carbonyl (C=O) groups is 1. The van der Waals surface area contributed by atoms with Crippen molar-refractivity contribution in [2.75, 3.05) is 5.75 Å². The first-order chi connectivity index (χ1) is 6.68. The van der Waals surface area contributed by atoms with Gasteiger partial charge in [0.05, 0.1) is 5.92 Å². The van der Waals surface area contributed by atoms with E-state index in [-0.39, 0.29) is 17.0 Å². The Balaban J connectivity index is 2.16. The first kappa shape index (κ1) is 9.52. The third-order valence-corrected chi connectivity index (χ3v) is 3.85. The van der Waals surface area contributed by atoms with Gasteiger partial charge in [0, 0.05) is 11.0 Å². The molecule has 1 aromatic carbocycles. The zero-order valence-electron chi connectivity index (χ0n) is 7.31. The highest BCUT2D eigenvalue weighted by molar-refractivity contribution is 8.01. The summed E-state index contributed by atoms with van der Waals surface area (Å²) >= 11 is 1.60. The maximum absolute atomic E-state index is 12.6. The fourth-order valence-electron chi connectivity index (χ4n) is 1.47. The van der Waals surface area contributed by atoms with Gasteiger partial charge in [-0.3, -0.25) is 4.79 Å². The maximum Gasteiger partial charge on any atom is 0.308 e. The van der Waals surface area contributed by atoms with Crippen LogP contribution >= 0.6 is 11.8 Å². The van der Waals surface area contributed by atoms with Crippen molar-refractivity contribution in [3.05, 3.63) is 35.6 Å². The first-order valence-corrected chi connectivity index (χ1v) is 5.33. The van der Waals surface area contributed by atoms with Crippen LogP contribution in [0.5, 0.6) is 0 Å². The SMILES string of the molecule is O=C(O)C1CSC1c1ccc(F)cc1. The van der Waals surface area contributed by atoms with Crippen molar-refractivity contribution in [2.24, 2.45) is 5.92 Å². The Morgan fingerprint density at radius 3 is 2.50 bits per heavy atom. The molecule has 0 spiro atoms. The van der Waals surface area contributed by atoms with Gasteiger partial charge in [0.2, 0.25) is 0 Å². The van der Waals surface area contributed by atoms with E-state index in [2.05, 4.69) is 0 Å². The first-order valence-electron chi connectivity index (χ1n) is 4.28. The summed E-state index contributed by atoms with van der Waals surface area (Å²) in [6, 6.07) is 6.05. The molecule has 2 unspecified atom stereocenters. The summed E-state index contributed by atoms with van der Waals surface area (Å²) in [6.45, 7) is 0. The number of rotatable bonds is 2. The number of hydrogen-bond acceptors (Lipinski definition) is 2. The van der Waals surface area contributed by atoms with Crippen molar-refractivity contribution < 1.29 is 14.3 Å². The van der Waals surface area contributed by atoms with Crippen LogP contribution in [0.3, 0.4) is 0 Å². The smallest absolute Gasteiger partial charge is 0.308 e. The van der Waals surface area contributed by atoms with Crippen LogP contribution in [0.1, 0.15) is 10.8 Å². The predicted molar refractivity (Wildman–Crippen MR) is 52.7 cm³/mol. The molecule has 0 amide bonds. The Bertz CT molecular complexity index is 350. The van der Waals surface area contributed by atoms with Crippen molar-refractivity contribution in [1.82, 2.24) is 0 Å². The number of benzene rings is 1. The monoisotopic (exact) mass is 212 g/mol. The molecule has 0 aromatic heterocycles. The number of aliphatic carboxylic acids is 1. The Kier molecular flexibility index (Phi) is 2.46. The van der Waals surface area contributed by atoms with E-state index in [0.717, 1.165) is 5.56 Å². The number of halogens is 1. The van der Waals surface area contributed by atoms with Gasteiger partial charge in [0.1, 0.15) is 5.82 Å². The van der Waals surface area contributed by atoms with Gasteiger partial charge < -0.3 is 5.11 Å². The van der Waals surface area contributed by atoms with Crippen LogP contribution in [0.15, 0.2) is 24.3 Å². The Labute approximate surface area is 85.1 Å². The van der Waals surface area contributed by atoms with E-state index in [9.17, 15) is 9.18 Å². The summed E-state index contributed by atoms with van der Waals surface area (Å²) in [5.41, 5.74) is 0.898. The fourth-order valence-corrected chi connectivity index (χ4v) is 2.66. The van der Waals surface area contributed by atoms with Crippen molar-refractivity contribution in [3.8, 4) is 0 Å². The van der Waals surface area contributed by atoms with Crippen LogP contribution in [-0.4, -0.2) is 16.8 Å². The lowest BCUT2D eigenvalue weighted by Gasteiger charge is -2.32. The Morgan fingerprint density at radius 2 is 2.07 bits per heavy atom. The minimum atomic E-state index is -0.766. The van der Waals surface area contributed by atoms with Crippen LogP contribution < -0.4 is 0 Å². The van der Waals surface area contributed by atoms with E-state index >= 15 is 0 Å². The van der Waals surface area contributed by atoms with Gasteiger partial charge >= 0.3 is 5.97 Å². The zero-order chi connectivity index (χ0) is 10.1. The van der Waals surface area contributed by atoms with E-state index in [1.54, 1.807) is 23.9 Å². The lowest BCUT2D eigenvalue weighted by Crippen LogP contribution is -2.30. The lowest BCUT2D eigenvalue weighted by atomic mass is 9.99. The average molecular weight is 212 g/mol. The van der Waals surface area contributed by atoms with Gasteiger partial charge in [-0.15, -0.1) is 0 Å². The summed E-state index contributed by atoms with van der Waals surface area (Å²) in [5.74, 6) is -0.717. The number of thioether (sulfide) groups is 1. The highest BCUT2D eigenvalue weighted by atomic mass is 32.2. The van der Waals surface area contributed by atoms with Crippen LogP contribution in [0, 0.1) is 11.7 Å². The topological polar surface area (TPSA) is 37.3 Å². The van der Waals surface area contributed by atoms with Crippen LogP contribution in [-0.2, 0) is 4.79 Å². The number of carboxylic acid groups (broad SMARTS) is 1. The summed E-state index contributed by atoms with van der Waals surface area (Å²) < 4.78 is 12.6. The van der Waals surface area contributed by atoms with Crippen LogP contribution in [0.25, 0.3) is 0 Å². The third-order valence-electron chi connectivity index (χ3n) is 2.34. The second-order valence-corrected chi connectivity index (χ2v) is 4.42. The van der Waals surface area contributed by atoms with E-state index in [1.807, 2.05) is 0 Å². The molecule has 1 aromatic rings. The molecule has 0 aliphatic carbocycles. The second-order valence-electron chi connectivity index (χ2n) is 3.25. The van der Waals surface area contributed by atoms with E-state index in [4.69, 9.17) is 5.11 Å². The summed E-state index contributed by atoms with van der Waals surface area (Å²) in [7, 11) is 0. The van der Waals surface area contributed by atoms with Crippen molar-refractivity contribution in [3.63, 3.8) is 0 Å². The number of carboxylic acids is 1. The molecular formula is C10H9FO2S. The van der Waals surface area contributed by atoms with E-state index < -0.39 is 5.97 Å². The summed E-state index contributed by atoms with van der Waals surface area (Å²) in [4.78, 5) is 10.7. The van der Waals surface area contributed by atoms with Gasteiger partial charge in [-0.25, -0.2) is 4.39 Å². The second kappa shape index (κ2) is 3.61. The van der Waals surface area contributed by atoms with Gasteiger partial charge in [-0.1, -0.05) is 12.1 Å². The molecule has 1 aliphatic rings. The minimum absolute atomic E-state index is 0.00639. The van der Waals surface area contributed by atoms with E-state index in [1.165, 1.54) is 12.1 Å². The maximum atomic E-state index is 12.6. The fraction of sp³-hybridized carbons (Fsp3) is 0.300. The molecule has 0 radical (unpaired) electrons. The molecule has 4 heteroatoms. The van der Waals surface area contributed by atoms with Crippen molar-refractivity contribution in [2.45, 2.75) is 5.25 Å². The molecule has 2 atom stereocenters. The summed E-state index contributed by atoms with van der Waals surface area (Å²) in [5, 5.41) is 8.83. The van der Waals surface area contributed by atoms with Gasteiger partial charge in [-0.2, -0.15) is 11.8 Å². The predicted octanol–water partition coefficient (Wildman–Crippen LogP) is 2.31. The molecule has 1 heterocycles. The molecule has 2 rings (SSSR count). The zero-order valence-corrected chi connectivity index (χ0v) is 8.13. The van der Waals surface area contributed by atoms with Crippen LogP contribution in [0.2, 0.25) is 0 Å². The molecule has 0 bridgehead atoms. The van der Waals surface area contributed by atoms with Gasteiger partial charge in [0.15, 0.2) is 0 Å². The van der Waals surface area contributed by atoms with Gasteiger partial charge in [0.25, 0.3) is 0 Å². The largest absolute Gasteiger partial charge is 0.481 e. The van der Waals surface area contributed by atoms with Crippen molar-refractivity contribution in [1.29, 1.82) is 0 Å². The Morgan fingerprint density at radius 1 is 1.43 bits per heavy atom. The lowest BCUT2D eigenvalue weighted by molar-refractivity contribution is -0.141. The Hall–Kier alpha value is -1.03. The summed E-state index contributed by atoms with van der Waals surface area (Å²) in [6.07, 6.45) is 0. The molecule has 1 N–H and O–H groups in total. The molecule has 1 saturated heterocycles. The van der Waals surface area contributed by atoms with E-state index in [0.29, 0.717) is 5.75 Å². The molecule has 1 aliphatic heterocycles.